The number of aromatic nitrogens is 2. The number of carbonyl (C=O) groups excluding carboxylic acids is 1. The molecule has 0 aliphatic rings. The first-order chi connectivity index (χ1) is 11.7. The summed E-state index contributed by atoms with van der Waals surface area (Å²) in [4.78, 5) is 19.9. The molecule has 0 saturated heterocycles. The molecule has 2 aromatic carbocycles. The fourth-order valence-corrected chi connectivity index (χ4v) is 2.46. The Balaban J connectivity index is 1.66. The van der Waals surface area contributed by atoms with E-state index in [4.69, 9.17) is 4.74 Å². The number of H-pyrrole nitrogens is 1. The highest BCUT2D eigenvalue weighted by atomic mass is 16.5. The highest BCUT2D eigenvalue weighted by Crippen LogP contribution is 2.15. The van der Waals surface area contributed by atoms with Gasteiger partial charge in [-0.2, -0.15) is 0 Å². The van der Waals surface area contributed by atoms with Crippen molar-refractivity contribution in [1.29, 1.82) is 0 Å². The van der Waals surface area contributed by atoms with Crippen LogP contribution in [-0.2, 0) is 6.54 Å². The predicted molar refractivity (Wildman–Crippen MR) is 94.1 cm³/mol. The third-order valence-corrected chi connectivity index (χ3v) is 3.58. The molecule has 0 radical (unpaired) electrons. The molecule has 3 aromatic rings. The summed E-state index contributed by atoms with van der Waals surface area (Å²) in [5.74, 6) is 1.39. The Hall–Kier alpha value is -3.08. The van der Waals surface area contributed by atoms with Crippen molar-refractivity contribution >= 4 is 16.9 Å². The molecule has 0 aliphatic heterocycles. The molecule has 0 spiro atoms. The minimum absolute atomic E-state index is 0.139. The molecule has 0 aliphatic carbocycles. The summed E-state index contributed by atoms with van der Waals surface area (Å²) in [7, 11) is 0. The normalized spacial score (nSPS) is 10.5. The lowest BCUT2D eigenvalue weighted by molar-refractivity contribution is 0.0950. The Morgan fingerprint density at radius 3 is 3.04 bits per heavy atom. The highest BCUT2D eigenvalue weighted by molar-refractivity contribution is 5.94. The van der Waals surface area contributed by atoms with Crippen molar-refractivity contribution in [3.8, 4) is 5.75 Å². The van der Waals surface area contributed by atoms with Gasteiger partial charge in [-0.15, -0.1) is 0 Å². The minimum atomic E-state index is -0.139. The molecule has 1 amide bonds. The summed E-state index contributed by atoms with van der Waals surface area (Å²) in [6.07, 6.45) is 1.67. The van der Waals surface area contributed by atoms with Gasteiger partial charge in [0.1, 0.15) is 18.2 Å². The Labute approximate surface area is 140 Å². The molecular weight excluding hydrogens is 302 g/mol. The maximum atomic E-state index is 12.3. The molecule has 5 nitrogen and oxygen atoms in total. The second-order valence-corrected chi connectivity index (χ2v) is 5.48. The monoisotopic (exact) mass is 321 g/mol. The number of nitrogens with one attached hydrogen (secondary N) is 2. The summed E-state index contributed by atoms with van der Waals surface area (Å²) < 4.78 is 5.45. The zero-order valence-electron chi connectivity index (χ0n) is 13.5. The predicted octanol–water partition coefficient (Wildman–Crippen LogP) is 3.37. The van der Waals surface area contributed by atoms with E-state index < -0.39 is 0 Å². The van der Waals surface area contributed by atoms with Crippen molar-refractivity contribution in [3.05, 3.63) is 72.1 Å². The molecule has 0 bridgehead atoms. The standard InChI is InChI=1S/C19H19N3O2/c1-3-9-24-16-6-4-5-15(11-16)19(23)20-12-14-7-8-17-18(10-14)22-13(2)21-17/h3-8,10-11H,1,9,12H2,2H3,(H,20,23)(H,21,22). The van der Waals surface area contributed by atoms with Crippen molar-refractivity contribution in [2.75, 3.05) is 6.61 Å². The number of fused-ring (bicyclic) bond motifs is 1. The van der Waals surface area contributed by atoms with Crippen LogP contribution in [0.1, 0.15) is 21.7 Å². The number of aryl methyl sites for hydroxylation is 1. The number of nitrogens with zero attached hydrogens (tertiary/aromatic N) is 1. The summed E-state index contributed by atoms with van der Waals surface area (Å²) in [6.45, 7) is 6.39. The lowest BCUT2D eigenvalue weighted by Crippen LogP contribution is -2.22. The van der Waals surface area contributed by atoms with Gasteiger partial charge in [0.15, 0.2) is 0 Å². The Morgan fingerprint density at radius 2 is 2.21 bits per heavy atom. The first kappa shape index (κ1) is 15.8. The van der Waals surface area contributed by atoms with Gasteiger partial charge in [-0.1, -0.05) is 24.8 Å². The molecule has 0 fully saturated rings. The number of benzene rings is 2. The molecule has 1 heterocycles. The van der Waals surface area contributed by atoms with Crippen LogP contribution in [-0.4, -0.2) is 22.5 Å². The highest BCUT2D eigenvalue weighted by Gasteiger charge is 2.07. The average molecular weight is 321 g/mol. The molecule has 0 unspecified atom stereocenters. The molecule has 1 aromatic heterocycles. The number of hydrogen-bond acceptors (Lipinski definition) is 3. The van der Waals surface area contributed by atoms with E-state index in [1.165, 1.54) is 0 Å². The molecule has 5 heteroatoms. The lowest BCUT2D eigenvalue weighted by Gasteiger charge is -2.08. The van der Waals surface area contributed by atoms with Crippen LogP contribution < -0.4 is 10.1 Å². The van der Waals surface area contributed by atoms with E-state index >= 15 is 0 Å². The third-order valence-electron chi connectivity index (χ3n) is 3.58. The maximum absolute atomic E-state index is 12.3. The Morgan fingerprint density at radius 1 is 1.33 bits per heavy atom. The fraction of sp³-hybridized carbons (Fsp3) is 0.158. The number of amides is 1. The van der Waals surface area contributed by atoms with Gasteiger partial charge >= 0.3 is 0 Å². The van der Waals surface area contributed by atoms with E-state index in [0.29, 0.717) is 24.5 Å². The first-order valence-electron chi connectivity index (χ1n) is 7.73. The summed E-state index contributed by atoms with van der Waals surface area (Å²) in [5, 5.41) is 2.92. The van der Waals surface area contributed by atoms with E-state index in [0.717, 1.165) is 22.4 Å². The van der Waals surface area contributed by atoms with Crippen LogP contribution in [0.3, 0.4) is 0 Å². The fourth-order valence-electron chi connectivity index (χ4n) is 2.46. The van der Waals surface area contributed by atoms with E-state index in [1.54, 1.807) is 24.3 Å². The van der Waals surface area contributed by atoms with E-state index in [9.17, 15) is 4.79 Å². The van der Waals surface area contributed by atoms with Gasteiger partial charge in [0.2, 0.25) is 0 Å². The van der Waals surface area contributed by atoms with E-state index in [-0.39, 0.29) is 5.91 Å². The van der Waals surface area contributed by atoms with Crippen molar-refractivity contribution in [2.45, 2.75) is 13.5 Å². The summed E-state index contributed by atoms with van der Waals surface area (Å²) >= 11 is 0. The van der Waals surface area contributed by atoms with Crippen LogP contribution in [0.2, 0.25) is 0 Å². The number of imidazole rings is 1. The van der Waals surface area contributed by atoms with Crippen LogP contribution >= 0.6 is 0 Å². The van der Waals surface area contributed by atoms with Crippen LogP contribution in [0, 0.1) is 6.92 Å². The number of ether oxygens (including phenoxy) is 1. The van der Waals surface area contributed by atoms with Gasteiger partial charge < -0.3 is 15.0 Å². The average Bonchev–Trinajstić information content (AvgIpc) is 2.97. The molecular formula is C19H19N3O2. The zero-order valence-corrected chi connectivity index (χ0v) is 13.5. The first-order valence-corrected chi connectivity index (χ1v) is 7.73. The smallest absolute Gasteiger partial charge is 0.251 e. The van der Waals surface area contributed by atoms with Crippen LogP contribution in [0.4, 0.5) is 0 Å². The van der Waals surface area contributed by atoms with Crippen molar-refractivity contribution in [2.24, 2.45) is 0 Å². The topological polar surface area (TPSA) is 67.0 Å². The molecule has 122 valence electrons. The lowest BCUT2D eigenvalue weighted by atomic mass is 10.1. The quantitative estimate of drug-likeness (QED) is 0.684. The van der Waals surface area contributed by atoms with Crippen LogP contribution in [0.5, 0.6) is 5.75 Å². The molecule has 3 rings (SSSR count). The summed E-state index contributed by atoms with van der Waals surface area (Å²) in [5.41, 5.74) is 3.47. The number of aromatic amines is 1. The van der Waals surface area contributed by atoms with Crippen LogP contribution in [0.15, 0.2) is 55.1 Å². The Bertz CT molecular complexity index is 883. The molecule has 2 N–H and O–H groups in total. The van der Waals surface area contributed by atoms with Gasteiger partial charge in [-0.05, 0) is 42.8 Å². The largest absolute Gasteiger partial charge is 0.490 e. The second kappa shape index (κ2) is 7.00. The van der Waals surface area contributed by atoms with Crippen molar-refractivity contribution < 1.29 is 9.53 Å². The SMILES string of the molecule is C=CCOc1cccc(C(=O)NCc2ccc3nc(C)[nH]c3c2)c1. The van der Waals surface area contributed by atoms with Crippen LogP contribution in [0.25, 0.3) is 11.0 Å². The van der Waals surface area contributed by atoms with Gasteiger partial charge in [-0.3, -0.25) is 4.79 Å². The number of hydrogen-bond donors (Lipinski definition) is 2. The van der Waals surface area contributed by atoms with E-state index in [2.05, 4.69) is 21.9 Å². The van der Waals surface area contributed by atoms with Crippen molar-refractivity contribution in [3.63, 3.8) is 0 Å². The second-order valence-electron chi connectivity index (χ2n) is 5.48. The number of rotatable bonds is 6. The number of carbonyl (C=O) groups is 1. The van der Waals surface area contributed by atoms with Gasteiger partial charge in [0.05, 0.1) is 11.0 Å². The molecule has 24 heavy (non-hydrogen) atoms. The summed E-state index contributed by atoms with van der Waals surface area (Å²) in [6, 6.07) is 13.0. The van der Waals surface area contributed by atoms with Gasteiger partial charge in [0.25, 0.3) is 5.91 Å². The molecule has 0 atom stereocenters. The maximum Gasteiger partial charge on any atom is 0.251 e. The van der Waals surface area contributed by atoms with E-state index in [1.807, 2.05) is 31.2 Å². The van der Waals surface area contributed by atoms with Crippen molar-refractivity contribution in [1.82, 2.24) is 15.3 Å². The minimum Gasteiger partial charge on any atom is -0.490 e. The molecule has 0 saturated carbocycles. The van der Waals surface area contributed by atoms with Gasteiger partial charge in [0, 0.05) is 12.1 Å². The van der Waals surface area contributed by atoms with Gasteiger partial charge in [-0.25, -0.2) is 4.98 Å². The third kappa shape index (κ3) is 3.63. The zero-order chi connectivity index (χ0) is 16.9. The Kier molecular flexibility index (Phi) is 4.61.